The molecular weight excluding hydrogens is 398 g/mol. The zero-order chi connectivity index (χ0) is 21.8. The van der Waals surface area contributed by atoms with Crippen molar-refractivity contribution < 1.29 is 33.6 Å². The normalized spacial score (nSPS) is 23.0. The Balaban J connectivity index is 1.74. The van der Waals surface area contributed by atoms with Crippen molar-refractivity contribution in [2.24, 2.45) is 0 Å². The molecule has 1 aliphatic rings. The first-order valence-corrected chi connectivity index (χ1v) is 8.96. The Morgan fingerprint density at radius 2 is 1.97 bits per heavy atom. The lowest BCUT2D eigenvalue weighted by atomic mass is 10.1. The molecule has 0 saturated carbocycles. The number of benzene rings is 1. The number of carbonyl (C=O) groups is 2. The number of hydrogen-bond donors (Lipinski definition) is 2. The average Bonchev–Trinajstić information content (AvgIpc) is 3.01. The van der Waals surface area contributed by atoms with E-state index in [1.165, 1.54) is 31.5 Å². The van der Waals surface area contributed by atoms with Crippen LogP contribution in [0.4, 0.5) is 5.82 Å². The molecule has 160 valence electrons. The first-order chi connectivity index (χ1) is 14.3. The number of nitrogens with zero attached hydrogens (tertiary/aromatic N) is 2. The minimum atomic E-state index is -1.40. The van der Waals surface area contributed by atoms with Crippen LogP contribution in [0.1, 0.15) is 23.5 Å². The third kappa shape index (κ3) is 4.58. The highest BCUT2D eigenvalue weighted by atomic mass is 16.6. The molecule has 1 aromatic carbocycles. The molecule has 2 aromatic rings. The van der Waals surface area contributed by atoms with Gasteiger partial charge in [-0.1, -0.05) is 0 Å². The molecule has 0 spiro atoms. The molecule has 30 heavy (non-hydrogen) atoms. The van der Waals surface area contributed by atoms with Gasteiger partial charge in [0.05, 0.1) is 12.7 Å². The van der Waals surface area contributed by atoms with Crippen molar-refractivity contribution >= 4 is 17.8 Å². The number of aliphatic hydroxyl groups is 1. The molecule has 1 saturated heterocycles. The predicted octanol–water partition coefficient (Wildman–Crippen LogP) is -0.119. The Bertz CT molecular complexity index is 974. The lowest BCUT2D eigenvalue weighted by Gasteiger charge is -2.20. The van der Waals surface area contributed by atoms with E-state index in [1.807, 2.05) is 0 Å². The number of hydrogen-bond acceptors (Lipinski definition) is 10. The van der Waals surface area contributed by atoms with Gasteiger partial charge in [0.25, 0.3) is 0 Å². The molecule has 11 nitrogen and oxygen atoms in total. The fraction of sp³-hybridized carbons (Fsp3) is 0.368. The van der Waals surface area contributed by atoms with Crippen LogP contribution in [0.3, 0.4) is 0 Å². The Hall–Kier alpha value is -3.44. The second-order valence-electron chi connectivity index (χ2n) is 6.50. The summed E-state index contributed by atoms with van der Waals surface area (Å²) in [4.78, 5) is 39.4. The van der Waals surface area contributed by atoms with Gasteiger partial charge in [-0.05, 0) is 30.3 Å². The van der Waals surface area contributed by atoms with Gasteiger partial charge in [0.1, 0.15) is 30.4 Å². The lowest BCUT2D eigenvalue weighted by Crippen LogP contribution is -2.39. The third-order valence-electron chi connectivity index (χ3n) is 4.44. The number of aromatic nitrogens is 2. The van der Waals surface area contributed by atoms with Gasteiger partial charge in [-0.3, -0.25) is 9.36 Å². The number of aliphatic hydroxyl groups excluding tert-OH is 1. The minimum absolute atomic E-state index is 0.00486. The van der Waals surface area contributed by atoms with Gasteiger partial charge < -0.3 is 29.8 Å². The van der Waals surface area contributed by atoms with Gasteiger partial charge in [-0.25, -0.2) is 9.59 Å². The Morgan fingerprint density at radius 3 is 2.57 bits per heavy atom. The van der Waals surface area contributed by atoms with Crippen LogP contribution in [-0.4, -0.2) is 58.6 Å². The monoisotopic (exact) mass is 419 g/mol. The van der Waals surface area contributed by atoms with E-state index in [-0.39, 0.29) is 18.0 Å². The molecule has 0 bridgehead atoms. The lowest BCUT2D eigenvalue weighted by molar-refractivity contribution is -0.153. The van der Waals surface area contributed by atoms with Crippen molar-refractivity contribution in [1.29, 1.82) is 0 Å². The zero-order valence-electron chi connectivity index (χ0n) is 16.3. The summed E-state index contributed by atoms with van der Waals surface area (Å²) in [5, 5.41) is 10.6. The SMILES string of the molecule is COc1ccc(C(=O)OC[C@H]2O[C@@H](n3ccc(N)nc3=O)[C@H](O)[C@@H]2OC(C)=O)cc1. The number of nitrogen functional groups attached to an aromatic ring is 1. The highest BCUT2D eigenvalue weighted by Gasteiger charge is 2.47. The van der Waals surface area contributed by atoms with Gasteiger partial charge in [0, 0.05) is 13.1 Å². The van der Waals surface area contributed by atoms with Crippen LogP contribution in [0, 0.1) is 0 Å². The molecular formula is C19H21N3O8. The highest BCUT2D eigenvalue weighted by molar-refractivity contribution is 5.89. The summed E-state index contributed by atoms with van der Waals surface area (Å²) in [6, 6.07) is 7.61. The fourth-order valence-electron chi connectivity index (χ4n) is 3.01. The van der Waals surface area contributed by atoms with Crippen LogP contribution in [0.2, 0.25) is 0 Å². The second kappa shape index (κ2) is 8.93. The van der Waals surface area contributed by atoms with E-state index >= 15 is 0 Å². The van der Waals surface area contributed by atoms with Crippen LogP contribution < -0.4 is 16.2 Å². The molecule has 3 rings (SSSR count). The van der Waals surface area contributed by atoms with Gasteiger partial charge >= 0.3 is 17.6 Å². The maximum Gasteiger partial charge on any atom is 0.351 e. The van der Waals surface area contributed by atoms with E-state index in [0.29, 0.717) is 5.75 Å². The molecule has 2 heterocycles. The molecule has 0 unspecified atom stereocenters. The van der Waals surface area contributed by atoms with Gasteiger partial charge in [0.15, 0.2) is 12.3 Å². The number of rotatable bonds is 6. The number of ether oxygens (including phenoxy) is 4. The number of methoxy groups -OCH3 is 1. The first-order valence-electron chi connectivity index (χ1n) is 8.96. The molecule has 1 aliphatic heterocycles. The topological polar surface area (TPSA) is 152 Å². The highest BCUT2D eigenvalue weighted by Crippen LogP contribution is 2.31. The minimum Gasteiger partial charge on any atom is -0.497 e. The van der Waals surface area contributed by atoms with Crippen LogP contribution in [0.15, 0.2) is 41.3 Å². The quantitative estimate of drug-likeness (QED) is 0.606. The molecule has 0 amide bonds. The Labute approximate surface area is 170 Å². The third-order valence-corrected chi connectivity index (χ3v) is 4.44. The Kier molecular flexibility index (Phi) is 6.33. The molecule has 11 heteroatoms. The summed E-state index contributed by atoms with van der Waals surface area (Å²) < 4.78 is 22.1. The van der Waals surface area contributed by atoms with E-state index in [1.54, 1.807) is 12.1 Å². The fourth-order valence-corrected chi connectivity index (χ4v) is 3.01. The van der Waals surface area contributed by atoms with Crippen molar-refractivity contribution in [2.75, 3.05) is 19.5 Å². The van der Waals surface area contributed by atoms with Crippen molar-refractivity contribution in [3.63, 3.8) is 0 Å². The number of anilines is 1. The van der Waals surface area contributed by atoms with Gasteiger partial charge in [0.2, 0.25) is 0 Å². The smallest absolute Gasteiger partial charge is 0.351 e. The second-order valence-corrected chi connectivity index (χ2v) is 6.50. The van der Waals surface area contributed by atoms with E-state index in [4.69, 9.17) is 24.7 Å². The summed E-state index contributed by atoms with van der Waals surface area (Å²) in [6.07, 6.45) is -3.49. The first kappa shape index (κ1) is 21.3. The van der Waals surface area contributed by atoms with E-state index in [2.05, 4.69) is 4.98 Å². The van der Waals surface area contributed by atoms with Crippen molar-refractivity contribution in [1.82, 2.24) is 9.55 Å². The number of esters is 2. The van der Waals surface area contributed by atoms with Crippen molar-refractivity contribution in [3.8, 4) is 5.75 Å². The summed E-state index contributed by atoms with van der Waals surface area (Å²) in [7, 11) is 1.50. The molecule has 4 atom stereocenters. The largest absolute Gasteiger partial charge is 0.497 e. The average molecular weight is 419 g/mol. The molecule has 3 N–H and O–H groups in total. The zero-order valence-corrected chi connectivity index (χ0v) is 16.3. The van der Waals surface area contributed by atoms with Crippen molar-refractivity contribution in [2.45, 2.75) is 31.5 Å². The van der Waals surface area contributed by atoms with Crippen LogP contribution in [0.5, 0.6) is 5.75 Å². The van der Waals surface area contributed by atoms with Gasteiger partial charge in [-0.15, -0.1) is 0 Å². The Morgan fingerprint density at radius 1 is 1.27 bits per heavy atom. The molecule has 1 aromatic heterocycles. The molecule has 0 aliphatic carbocycles. The number of nitrogens with two attached hydrogens (primary N) is 1. The molecule has 0 radical (unpaired) electrons. The summed E-state index contributed by atoms with van der Waals surface area (Å²) in [6.45, 7) is 0.838. The standard InChI is InChI=1S/C19H21N3O8/c1-10(23)29-16-13(9-28-18(25)11-3-5-12(27-2)6-4-11)30-17(15(16)24)22-8-7-14(20)21-19(22)26/h3-8,13,15-17,24H,9H2,1-2H3,(H2,20,21,26)/t13-,15-,16-,17-/m1/s1. The van der Waals surface area contributed by atoms with Gasteiger partial charge in [-0.2, -0.15) is 4.98 Å². The summed E-state index contributed by atoms with van der Waals surface area (Å²) >= 11 is 0. The van der Waals surface area contributed by atoms with Crippen LogP contribution in [-0.2, 0) is 19.0 Å². The maximum atomic E-state index is 12.3. The van der Waals surface area contributed by atoms with E-state index < -0.39 is 42.2 Å². The summed E-state index contributed by atoms with van der Waals surface area (Å²) in [5.41, 5.74) is 4.99. The van der Waals surface area contributed by atoms with Crippen LogP contribution in [0.25, 0.3) is 0 Å². The van der Waals surface area contributed by atoms with E-state index in [0.717, 1.165) is 11.5 Å². The van der Waals surface area contributed by atoms with Crippen molar-refractivity contribution in [3.05, 3.63) is 52.6 Å². The summed E-state index contributed by atoms with van der Waals surface area (Å²) in [5.74, 6) is -0.732. The predicted molar refractivity (Wildman–Crippen MR) is 102 cm³/mol. The maximum absolute atomic E-state index is 12.3. The van der Waals surface area contributed by atoms with E-state index in [9.17, 15) is 19.5 Å². The van der Waals surface area contributed by atoms with Crippen LogP contribution >= 0.6 is 0 Å². The molecule has 1 fully saturated rings. The number of carbonyl (C=O) groups excluding carboxylic acids is 2.